The van der Waals surface area contributed by atoms with Crippen LogP contribution < -0.4 is 9.47 Å². The quantitative estimate of drug-likeness (QED) is 0.0516. The lowest BCUT2D eigenvalue weighted by molar-refractivity contribution is 0.0680. The SMILES string of the molecule is CC(C)Oc1ccc(C(=O)Cc2cccc3ccc(C(=O)O)nc23)cc1.CC(C)Oc1cccc(C(=O)Cc2cccc3ccc(C(=O)O)nc23)c1.Cc1ccc(C(=O)Cc2cccc3ccc(C(=O)O)nc23)s1.O=C(O)c1ccc2cccc(CC(=O)c3cc4ccccc4s3)c2n1. The number of nitrogens with zero attached hydrogens (tertiary/aromatic N) is 4. The van der Waals surface area contributed by atoms with Crippen LogP contribution >= 0.6 is 22.7 Å². The number of carboxylic acids is 4. The van der Waals surface area contributed by atoms with Crippen molar-refractivity contribution in [1.29, 1.82) is 0 Å². The van der Waals surface area contributed by atoms with E-state index in [1.165, 1.54) is 46.9 Å². The van der Waals surface area contributed by atoms with Crippen molar-refractivity contribution >= 4 is 123 Å². The van der Waals surface area contributed by atoms with Gasteiger partial charge in [0, 0.05) is 67.9 Å². The van der Waals surface area contributed by atoms with Crippen LogP contribution in [0.4, 0.5) is 0 Å². The molecule has 0 aliphatic rings. The van der Waals surface area contributed by atoms with E-state index in [2.05, 4.69) is 19.9 Å². The van der Waals surface area contributed by atoms with E-state index in [9.17, 15) is 38.4 Å². The first-order valence-corrected chi connectivity index (χ1v) is 32.9. The molecule has 18 nitrogen and oxygen atoms in total. The molecule has 0 amide bonds. The van der Waals surface area contributed by atoms with Crippen molar-refractivity contribution in [3.05, 3.63) is 283 Å². The summed E-state index contributed by atoms with van der Waals surface area (Å²) < 4.78 is 12.3. The molecule has 20 heteroatoms. The standard InChI is InChI=1S/2C21H19NO4.C20H13NO3S.C17H13NO3S/c1-13(2)26-17-8-4-6-15(11-17)19(23)12-16-7-3-5-14-9-10-18(21(24)25)22-20(14)16;1-13(2)26-17-9-6-14(7-10-17)19(23)12-16-5-3-4-15-8-11-18(21(24)25)22-20(15)16;22-16(18-11-13-4-1-2-7-17(13)25-18)10-14-6-3-5-12-8-9-15(20(23)24)21-19(12)14;1-10-5-8-15(22-10)14(19)9-12-4-2-3-11-6-7-13(17(20)21)18-16(11)12/h2*3-11,13H,12H2,1-2H3,(H,24,25);1-9,11H,10H2,(H,23,24);2-8H,9H2,1H3,(H,20,21). The van der Waals surface area contributed by atoms with E-state index >= 15 is 0 Å². The second kappa shape index (κ2) is 31.7. The number of pyridine rings is 4. The third kappa shape index (κ3) is 17.9. The molecule has 0 aliphatic carbocycles. The van der Waals surface area contributed by atoms with Crippen molar-refractivity contribution in [2.24, 2.45) is 0 Å². The van der Waals surface area contributed by atoms with E-state index in [0.717, 1.165) is 53.4 Å². The smallest absolute Gasteiger partial charge is 0.354 e. The lowest BCUT2D eigenvalue weighted by Gasteiger charge is -2.11. The number of carbonyl (C=O) groups excluding carboxylic acids is 4. The van der Waals surface area contributed by atoms with Gasteiger partial charge in [-0.15, -0.1) is 22.7 Å². The Morgan fingerprint density at radius 3 is 1.11 bits per heavy atom. The van der Waals surface area contributed by atoms with Crippen molar-refractivity contribution in [2.45, 2.75) is 72.5 Å². The highest BCUT2D eigenvalue weighted by molar-refractivity contribution is 7.20. The molecule has 0 saturated carbocycles. The van der Waals surface area contributed by atoms with Crippen LogP contribution in [0.25, 0.3) is 53.7 Å². The number of hydrogen-bond donors (Lipinski definition) is 4. The predicted molar refractivity (Wildman–Crippen MR) is 382 cm³/mol. The molecule has 0 unspecified atom stereocenters. The van der Waals surface area contributed by atoms with Gasteiger partial charge in [-0.2, -0.15) is 0 Å². The number of aromatic nitrogens is 4. The molecule has 6 heterocycles. The molecule has 0 aliphatic heterocycles. The van der Waals surface area contributed by atoms with Crippen LogP contribution in [0.1, 0.15) is 137 Å². The highest BCUT2D eigenvalue weighted by atomic mass is 32.1. The minimum absolute atomic E-state index is 0.0104. The van der Waals surface area contributed by atoms with Crippen LogP contribution in [0, 0.1) is 6.92 Å². The molecule has 7 aromatic carbocycles. The number of carboxylic acid groups (broad SMARTS) is 4. The Morgan fingerprint density at radius 2 is 0.717 bits per heavy atom. The van der Waals surface area contributed by atoms with Gasteiger partial charge in [0.2, 0.25) is 0 Å². The first-order valence-electron chi connectivity index (χ1n) is 31.2. The molecule has 13 rings (SSSR count). The van der Waals surface area contributed by atoms with Gasteiger partial charge in [0.25, 0.3) is 0 Å². The third-order valence-electron chi connectivity index (χ3n) is 15.3. The molecular formula is C79H64N4O14S2. The summed E-state index contributed by atoms with van der Waals surface area (Å²) in [7, 11) is 0. The lowest BCUT2D eigenvalue weighted by Crippen LogP contribution is -2.08. The molecule has 13 aromatic rings. The summed E-state index contributed by atoms with van der Waals surface area (Å²) in [5, 5.41) is 40.8. The van der Waals surface area contributed by atoms with Gasteiger partial charge >= 0.3 is 23.9 Å². The van der Waals surface area contributed by atoms with Crippen LogP contribution in [0.15, 0.2) is 212 Å². The maximum Gasteiger partial charge on any atom is 0.354 e. The summed E-state index contributed by atoms with van der Waals surface area (Å²) in [6, 6.07) is 62.4. The molecule has 6 aromatic heterocycles. The van der Waals surface area contributed by atoms with Crippen LogP contribution in [-0.2, 0) is 25.7 Å². The Hall–Kier alpha value is -12.0. The maximum atomic E-state index is 12.7. The minimum atomic E-state index is -1.09. The normalized spacial score (nSPS) is 10.9. The number of hydrogen-bond acceptors (Lipinski definition) is 16. The number of Topliss-reactive ketones (excluding diaryl/α,β-unsaturated/α-hetero) is 4. The predicted octanol–water partition coefficient (Wildman–Crippen LogP) is 16.6. The third-order valence-corrected chi connectivity index (χ3v) is 17.5. The van der Waals surface area contributed by atoms with Crippen LogP contribution in [-0.4, -0.2) is 99.6 Å². The van der Waals surface area contributed by atoms with E-state index < -0.39 is 23.9 Å². The molecule has 0 bridgehead atoms. The van der Waals surface area contributed by atoms with Crippen molar-refractivity contribution in [3.8, 4) is 11.5 Å². The highest BCUT2D eigenvalue weighted by Gasteiger charge is 2.19. The number of benzene rings is 7. The van der Waals surface area contributed by atoms with Gasteiger partial charge in [-0.05, 0) is 147 Å². The zero-order valence-electron chi connectivity index (χ0n) is 54.2. The number of aromatic carboxylic acids is 4. The molecule has 99 heavy (non-hydrogen) atoms. The number of ether oxygens (including phenoxy) is 2. The first-order chi connectivity index (χ1) is 47.5. The molecule has 4 N–H and O–H groups in total. The van der Waals surface area contributed by atoms with Gasteiger partial charge in [-0.25, -0.2) is 39.1 Å². The Kier molecular flexibility index (Phi) is 22.4. The molecule has 0 radical (unpaired) electrons. The fourth-order valence-corrected chi connectivity index (χ4v) is 12.5. The summed E-state index contributed by atoms with van der Waals surface area (Å²) in [6.07, 6.45) is 0.794. The Bertz CT molecular complexity index is 5220. The number of thiophene rings is 2. The van der Waals surface area contributed by atoms with Crippen LogP contribution in [0.2, 0.25) is 0 Å². The van der Waals surface area contributed by atoms with Gasteiger partial charge in [0.05, 0.1) is 44.0 Å². The number of carbonyl (C=O) groups is 8. The van der Waals surface area contributed by atoms with E-state index in [1.54, 1.807) is 78.9 Å². The second-order valence-electron chi connectivity index (χ2n) is 23.3. The summed E-state index contributed by atoms with van der Waals surface area (Å²) >= 11 is 2.94. The zero-order valence-corrected chi connectivity index (χ0v) is 55.8. The molecule has 0 spiro atoms. The minimum Gasteiger partial charge on any atom is -0.491 e. The molecule has 0 fully saturated rings. The summed E-state index contributed by atoms with van der Waals surface area (Å²) in [5.41, 5.74) is 6.13. The molecule has 0 atom stereocenters. The van der Waals surface area contributed by atoms with Gasteiger partial charge in [-0.3, -0.25) is 19.2 Å². The number of para-hydroxylation sites is 4. The average molecular weight is 1360 g/mol. The Balaban J connectivity index is 0.000000143. The molecular weight excluding hydrogens is 1290 g/mol. The zero-order chi connectivity index (χ0) is 70.4. The fraction of sp³-hybridized carbons (Fsp3) is 0.139. The van der Waals surface area contributed by atoms with Gasteiger partial charge in [0.1, 0.15) is 34.3 Å². The van der Waals surface area contributed by atoms with Crippen molar-refractivity contribution in [3.63, 3.8) is 0 Å². The van der Waals surface area contributed by atoms with Gasteiger partial charge in [-0.1, -0.05) is 127 Å². The Labute approximate surface area is 575 Å². The number of fused-ring (bicyclic) bond motifs is 5. The number of rotatable bonds is 20. The monoisotopic (exact) mass is 1360 g/mol. The first kappa shape index (κ1) is 69.8. The van der Waals surface area contributed by atoms with Crippen LogP contribution in [0.3, 0.4) is 0 Å². The van der Waals surface area contributed by atoms with Crippen molar-refractivity contribution < 1.29 is 68.3 Å². The average Bonchev–Trinajstić information content (AvgIpc) is 1.17. The van der Waals surface area contributed by atoms with Crippen molar-refractivity contribution in [1.82, 2.24) is 19.9 Å². The van der Waals surface area contributed by atoms with Gasteiger partial charge < -0.3 is 29.9 Å². The number of ketones is 4. The Morgan fingerprint density at radius 1 is 0.343 bits per heavy atom. The van der Waals surface area contributed by atoms with E-state index in [1.807, 2.05) is 144 Å². The van der Waals surface area contributed by atoms with Crippen molar-refractivity contribution in [2.75, 3.05) is 0 Å². The lowest BCUT2D eigenvalue weighted by atomic mass is 10.00. The maximum absolute atomic E-state index is 12.7. The largest absolute Gasteiger partial charge is 0.491 e. The molecule has 496 valence electrons. The van der Waals surface area contributed by atoms with Crippen LogP contribution in [0.5, 0.6) is 11.5 Å². The second-order valence-corrected chi connectivity index (χ2v) is 25.7. The van der Waals surface area contributed by atoms with E-state index in [4.69, 9.17) is 29.9 Å². The number of aryl methyl sites for hydroxylation is 1. The highest BCUT2D eigenvalue weighted by Crippen LogP contribution is 2.30. The summed E-state index contributed by atoms with van der Waals surface area (Å²) in [6.45, 7) is 9.70. The summed E-state index contributed by atoms with van der Waals surface area (Å²) in [5.74, 6) is -3.07. The molecule has 0 saturated heterocycles. The summed E-state index contributed by atoms with van der Waals surface area (Å²) in [4.78, 5) is 114. The fourth-order valence-electron chi connectivity index (χ4n) is 10.7. The van der Waals surface area contributed by atoms with E-state index in [0.29, 0.717) is 59.8 Å². The van der Waals surface area contributed by atoms with Gasteiger partial charge in [0.15, 0.2) is 23.1 Å². The van der Waals surface area contributed by atoms with E-state index in [-0.39, 0.29) is 83.8 Å². The topological polar surface area (TPSA) is 288 Å².